The van der Waals surface area contributed by atoms with Gasteiger partial charge in [0.15, 0.2) is 10.9 Å². The van der Waals surface area contributed by atoms with Crippen molar-refractivity contribution in [2.45, 2.75) is 15.4 Å². The van der Waals surface area contributed by atoms with Crippen molar-refractivity contribution in [3.05, 3.63) is 59.6 Å². The number of carbonyl (C=O) groups excluding carboxylic acids is 1. The lowest BCUT2D eigenvalue weighted by molar-refractivity contribution is -0.139. The third kappa shape index (κ3) is 5.44. The van der Waals surface area contributed by atoms with Gasteiger partial charge in [-0.05, 0) is 36.4 Å². The minimum absolute atomic E-state index is 0.385. The number of nitrogens with zero attached hydrogens (tertiary/aromatic N) is 2. The van der Waals surface area contributed by atoms with Crippen molar-refractivity contribution < 1.29 is 22.7 Å². The molecule has 10 heteroatoms. The summed E-state index contributed by atoms with van der Waals surface area (Å²) < 4.78 is 44.5. The Hall–Kier alpha value is -2.59. The van der Waals surface area contributed by atoms with Crippen molar-refractivity contribution in [1.82, 2.24) is 10.2 Å². The number of anilines is 1. The molecule has 1 aromatic heterocycles. The summed E-state index contributed by atoms with van der Waals surface area (Å²) in [5.41, 5.74) is 1.22. The van der Waals surface area contributed by atoms with Gasteiger partial charge in [0.05, 0.1) is 5.56 Å². The van der Waals surface area contributed by atoms with Crippen LogP contribution in [0.15, 0.2) is 63.3 Å². The maximum Gasteiger partial charge on any atom is 0.419 e. The Morgan fingerprint density at radius 2 is 1.89 bits per heavy atom. The zero-order chi connectivity index (χ0) is 19.3. The van der Waals surface area contributed by atoms with Gasteiger partial charge >= 0.3 is 6.18 Å². The van der Waals surface area contributed by atoms with Crippen LogP contribution in [0, 0.1) is 0 Å². The van der Waals surface area contributed by atoms with Crippen LogP contribution in [0.2, 0.25) is 0 Å². The summed E-state index contributed by atoms with van der Waals surface area (Å²) in [6, 6.07) is 11.7. The monoisotopic (exact) mass is 411 g/mol. The second kappa shape index (κ2) is 8.40. The molecule has 1 N–H and O–H groups in total. The summed E-state index contributed by atoms with van der Waals surface area (Å²) >= 11 is 2.85. The van der Waals surface area contributed by atoms with E-state index in [9.17, 15) is 18.0 Å². The van der Waals surface area contributed by atoms with E-state index in [0.717, 1.165) is 15.3 Å². The fourth-order valence-electron chi connectivity index (χ4n) is 2.08. The second-order valence-electron chi connectivity index (χ2n) is 5.16. The number of carbonyl (C=O) groups is 1. The Bertz CT molecular complexity index is 901. The molecular formula is C17H12F3N3O2S2. The molecule has 140 valence electrons. The van der Waals surface area contributed by atoms with Crippen LogP contribution in [0.1, 0.15) is 5.56 Å². The number of ether oxygens (including phenoxy) is 1. The van der Waals surface area contributed by atoms with E-state index < -0.39 is 24.3 Å². The fraction of sp³-hybridized carbons (Fsp3) is 0.118. The smallest absolute Gasteiger partial charge is 0.419 e. The lowest BCUT2D eigenvalue weighted by Crippen LogP contribution is -2.21. The van der Waals surface area contributed by atoms with Gasteiger partial charge < -0.3 is 10.1 Å². The molecule has 0 aliphatic heterocycles. The molecule has 0 bridgehead atoms. The average molecular weight is 411 g/mol. The van der Waals surface area contributed by atoms with Gasteiger partial charge in [-0.15, -0.1) is 10.2 Å². The second-order valence-corrected chi connectivity index (χ2v) is 7.32. The first-order valence-electron chi connectivity index (χ1n) is 7.55. The van der Waals surface area contributed by atoms with Crippen molar-refractivity contribution in [3.63, 3.8) is 0 Å². The van der Waals surface area contributed by atoms with Crippen LogP contribution in [0.4, 0.5) is 18.9 Å². The van der Waals surface area contributed by atoms with Crippen molar-refractivity contribution in [3.8, 4) is 5.75 Å². The number of aromatic nitrogens is 2. The SMILES string of the molecule is O=C(COc1ccccc1C(F)(F)F)Nc1ccc(Sc2nncs2)cc1. The van der Waals surface area contributed by atoms with Crippen LogP contribution >= 0.6 is 23.1 Å². The zero-order valence-electron chi connectivity index (χ0n) is 13.6. The molecule has 2 aromatic carbocycles. The van der Waals surface area contributed by atoms with E-state index in [2.05, 4.69) is 15.5 Å². The molecule has 0 aliphatic rings. The molecule has 0 aliphatic carbocycles. The van der Waals surface area contributed by atoms with Gasteiger partial charge in [-0.25, -0.2) is 0 Å². The normalized spacial score (nSPS) is 11.2. The van der Waals surface area contributed by atoms with E-state index in [1.54, 1.807) is 29.8 Å². The van der Waals surface area contributed by atoms with Gasteiger partial charge in [-0.2, -0.15) is 13.2 Å². The van der Waals surface area contributed by atoms with Crippen LogP contribution in [0.3, 0.4) is 0 Å². The molecule has 1 heterocycles. The van der Waals surface area contributed by atoms with Gasteiger partial charge in [0.25, 0.3) is 5.91 Å². The number of nitrogens with one attached hydrogen (secondary N) is 1. The molecule has 3 aromatic rings. The van der Waals surface area contributed by atoms with Gasteiger partial charge in [0.2, 0.25) is 0 Å². The highest BCUT2D eigenvalue weighted by Gasteiger charge is 2.34. The number of para-hydroxylation sites is 1. The van der Waals surface area contributed by atoms with E-state index in [1.807, 2.05) is 0 Å². The zero-order valence-corrected chi connectivity index (χ0v) is 15.2. The molecule has 0 radical (unpaired) electrons. The number of amides is 1. The summed E-state index contributed by atoms with van der Waals surface area (Å²) in [6.07, 6.45) is -4.55. The summed E-state index contributed by atoms with van der Waals surface area (Å²) in [7, 11) is 0. The van der Waals surface area contributed by atoms with Gasteiger partial charge in [0, 0.05) is 10.6 Å². The molecule has 0 atom stereocenters. The molecule has 0 fully saturated rings. The van der Waals surface area contributed by atoms with Crippen LogP contribution in [-0.4, -0.2) is 22.7 Å². The molecule has 3 rings (SSSR count). The van der Waals surface area contributed by atoms with Crippen molar-refractivity contribution in [1.29, 1.82) is 0 Å². The molecule has 0 spiro atoms. The van der Waals surface area contributed by atoms with E-state index in [0.29, 0.717) is 5.69 Å². The summed E-state index contributed by atoms with van der Waals surface area (Å²) in [4.78, 5) is 12.9. The van der Waals surface area contributed by atoms with Gasteiger partial charge in [-0.3, -0.25) is 4.79 Å². The molecule has 0 saturated carbocycles. The van der Waals surface area contributed by atoms with E-state index in [-0.39, 0.29) is 5.75 Å². The Morgan fingerprint density at radius 3 is 2.56 bits per heavy atom. The lowest BCUT2D eigenvalue weighted by atomic mass is 10.2. The first-order valence-corrected chi connectivity index (χ1v) is 9.24. The van der Waals surface area contributed by atoms with E-state index >= 15 is 0 Å². The van der Waals surface area contributed by atoms with Crippen molar-refractivity contribution in [2.24, 2.45) is 0 Å². The standard InChI is InChI=1S/C17H12F3N3O2S2/c18-17(19,20)13-3-1-2-4-14(13)25-9-15(24)22-11-5-7-12(8-6-11)27-16-23-21-10-26-16/h1-8,10H,9H2,(H,22,24). The van der Waals surface area contributed by atoms with Crippen molar-refractivity contribution >= 4 is 34.7 Å². The Balaban J connectivity index is 1.55. The Kier molecular flexibility index (Phi) is 5.97. The van der Waals surface area contributed by atoms with Crippen LogP contribution in [0.25, 0.3) is 0 Å². The lowest BCUT2D eigenvalue weighted by Gasteiger charge is -2.13. The fourth-order valence-corrected chi connectivity index (χ4v) is 3.53. The predicted molar refractivity (Wildman–Crippen MR) is 96.0 cm³/mol. The highest BCUT2D eigenvalue weighted by atomic mass is 32.2. The van der Waals surface area contributed by atoms with Crippen molar-refractivity contribution in [2.75, 3.05) is 11.9 Å². The molecule has 0 unspecified atom stereocenters. The largest absolute Gasteiger partial charge is 0.483 e. The van der Waals surface area contributed by atoms with Crippen LogP contribution in [-0.2, 0) is 11.0 Å². The average Bonchev–Trinajstić information content (AvgIpc) is 3.14. The minimum atomic E-state index is -4.55. The number of alkyl halides is 3. The van der Waals surface area contributed by atoms with Gasteiger partial charge in [-0.1, -0.05) is 35.2 Å². The summed E-state index contributed by atoms with van der Waals surface area (Å²) in [5.74, 6) is -0.944. The highest BCUT2D eigenvalue weighted by Crippen LogP contribution is 2.35. The number of benzene rings is 2. The molecule has 5 nitrogen and oxygen atoms in total. The summed E-state index contributed by atoms with van der Waals surface area (Å²) in [5, 5.41) is 10.2. The summed E-state index contributed by atoms with van der Waals surface area (Å²) in [6.45, 7) is -0.533. The maximum absolute atomic E-state index is 12.9. The van der Waals surface area contributed by atoms with Crippen LogP contribution < -0.4 is 10.1 Å². The maximum atomic E-state index is 12.9. The number of rotatable bonds is 6. The molecular weight excluding hydrogens is 399 g/mol. The third-order valence-corrected chi connectivity index (χ3v) is 5.02. The van der Waals surface area contributed by atoms with E-state index in [4.69, 9.17) is 4.74 Å². The Labute approximate surface area is 160 Å². The predicted octanol–water partition coefficient (Wildman–Crippen LogP) is 4.73. The van der Waals surface area contributed by atoms with Gasteiger partial charge in [0.1, 0.15) is 11.3 Å². The number of hydrogen-bond acceptors (Lipinski definition) is 6. The van der Waals surface area contributed by atoms with E-state index in [1.165, 1.54) is 41.3 Å². The molecule has 27 heavy (non-hydrogen) atoms. The molecule has 1 amide bonds. The first-order chi connectivity index (χ1) is 12.9. The van der Waals surface area contributed by atoms with Crippen LogP contribution in [0.5, 0.6) is 5.75 Å². The topological polar surface area (TPSA) is 64.1 Å². The number of hydrogen-bond donors (Lipinski definition) is 1. The third-order valence-electron chi connectivity index (χ3n) is 3.23. The molecule has 0 saturated heterocycles. The Morgan fingerprint density at radius 1 is 1.15 bits per heavy atom. The first kappa shape index (κ1) is 19.2. The quantitative estimate of drug-likeness (QED) is 0.636. The minimum Gasteiger partial charge on any atom is -0.483 e. The highest BCUT2D eigenvalue weighted by molar-refractivity contribution is 8.01. The number of halogens is 3.